The summed E-state index contributed by atoms with van der Waals surface area (Å²) in [6.45, 7) is 4.99. The van der Waals surface area contributed by atoms with Crippen LogP contribution in [-0.2, 0) is 4.79 Å². The molecule has 0 fully saturated rings. The fourth-order valence-corrected chi connectivity index (χ4v) is 0. The Hall–Kier alpha value is 0.470. The molecule has 0 unspecified atom stereocenters. The third-order valence-electron chi connectivity index (χ3n) is 0.642. The van der Waals surface area contributed by atoms with Crippen molar-refractivity contribution in [3.8, 4) is 0 Å². The molecule has 0 amide bonds. The molecule has 0 aliphatic carbocycles. The minimum atomic E-state index is -0.757. The second-order valence-corrected chi connectivity index (χ2v) is 2.56. The molecule has 0 atom stereocenters. The Balaban J connectivity index is 0. The summed E-state index contributed by atoms with van der Waals surface area (Å²) < 4.78 is 0. The van der Waals surface area contributed by atoms with Crippen molar-refractivity contribution in [2.75, 3.05) is 0 Å². The zero-order valence-corrected chi connectivity index (χ0v) is 7.86. The van der Waals surface area contributed by atoms with E-state index in [1.54, 1.807) is 20.8 Å². The fraction of sp³-hybridized carbons (Fsp3) is 0.800. The van der Waals surface area contributed by atoms with Gasteiger partial charge in [0.15, 0.2) is 0 Å². The Labute approximate surface area is 71.6 Å². The van der Waals surface area contributed by atoms with Crippen molar-refractivity contribution < 1.29 is 9.90 Å². The fourth-order valence-electron chi connectivity index (χ4n) is 0. The molecule has 0 heterocycles. The van der Waals surface area contributed by atoms with Gasteiger partial charge in [0.05, 0.1) is 5.41 Å². The van der Waals surface area contributed by atoms with Crippen LogP contribution in [0.5, 0.6) is 0 Å². The van der Waals surface area contributed by atoms with Crippen molar-refractivity contribution >= 4 is 35.5 Å². The molecule has 2 nitrogen and oxygen atoms in total. The molecule has 3 heteroatoms. The average molecular weight is 125 g/mol. The first-order chi connectivity index (χ1) is 2.94. The zero-order chi connectivity index (χ0) is 6.08. The molecule has 1 radical (unpaired) electrons. The summed E-state index contributed by atoms with van der Waals surface area (Å²) in [7, 11) is 0. The van der Waals surface area contributed by atoms with Crippen LogP contribution in [0.15, 0.2) is 0 Å². The second kappa shape index (κ2) is 3.49. The third-order valence-corrected chi connectivity index (χ3v) is 0.642. The molecule has 0 bridgehead atoms. The summed E-state index contributed by atoms with van der Waals surface area (Å²) in [5.74, 6) is -0.757. The molecule has 0 aliphatic heterocycles. The van der Waals surface area contributed by atoms with Gasteiger partial charge in [0, 0.05) is 29.6 Å². The molecule has 1 N–H and O–H groups in total. The van der Waals surface area contributed by atoms with Gasteiger partial charge in [0.1, 0.15) is 0 Å². The van der Waals surface area contributed by atoms with Gasteiger partial charge < -0.3 is 5.11 Å². The van der Waals surface area contributed by atoms with E-state index in [0.29, 0.717) is 0 Å². The summed E-state index contributed by atoms with van der Waals surface area (Å²) in [6, 6.07) is 0. The van der Waals surface area contributed by atoms with E-state index >= 15 is 0 Å². The first-order valence-corrected chi connectivity index (χ1v) is 2.18. The predicted octanol–water partition coefficient (Wildman–Crippen LogP) is 0.736. The van der Waals surface area contributed by atoms with Crippen LogP contribution in [0.2, 0.25) is 0 Å². The number of carbonyl (C=O) groups is 1. The zero-order valence-electron chi connectivity index (χ0n) is 5.86. The van der Waals surface area contributed by atoms with E-state index < -0.39 is 11.4 Å². The summed E-state index contributed by atoms with van der Waals surface area (Å²) >= 11 is 0. The van der Waals surface area contributed by atoms with Crippen LogP contribution in [0, 0.1) is 5.41 Å². The van der Waals surface area contributed by atoms with Gasteiger partial charge in [0.25, 0.3) is 0 Å². The minimum absolute atomic E-state index is 0. The summed E-state index contributed by atoms with van der Waals surface area (Å²) in [5.41, 5.74) is -0.583. The summed E-state index contributed by atoms with van der Waals surface area (Å²) in [6.07, 6.45) is 0. The maximum atomic E-state index is 10.0. The van der Waals surface area contributed by atoms with E-state index in [1.165, 1.54) is 0 Å². The molecule has 43 valence electrons. The van der Waals surface area contributed by atoms with Crippen molar-refractivity contribution in [3.05, 3.63) is 0 Å². The van der Waals surface area contributed by atoms with Gasteiger partial charge in [-0.2, -0.15) is 0 Å². The van der Waals surface area contributed by atoms with Crippen LogP contribution in [-0.4, -0.2) is 40.6 Å². The van der Waals surface area contributed by atoms with Gasteiger partial charge in [-0.3, -0.25) is 4.79 Å². The quantitative estimate of drug-likeness (QED) is 0.485. The van der Waals surface area contributed by atoms with Crippen LogP contribution in [0.25, 0.3) is 0 Å². The standard InChI is InChI=1S/C5H10O2.Na/c1-5(2,3)4(6)7;/h1-3H3,(H,6,7);. The van der Waals surface area contributed by atoms with E-state index in [-0.39, 0.29) is 29.6 Å². The Bertz CT molecular complexity index is 82.9. The number of carboxylic acid groups (broad SMARTS) is 1. The van der Waals surface area contributed by atoms with E-state index in [2.05, 4.69) is 0 Å². The van der Waals surface area contributed by atoms with Crippen molar-refractivity contribution in [1.82, 2.24) is 0 Å². The van der Waals surface area contributed by atoms with Gasteiger partial charge in [-0.1, -0.05) is 0 Å². The van der Waals surface area contributed by atoms with Gasteiger partial charge in [-0.15, -0.1) is 0 Å². The summed E-state index contributed by atoms with van der Waals surface area (Å²) in [4.78, 5) is 10.0. The van der Waals surface area contributed by atoms with Gasteiger partial charge >= 0.3 is 5.97 Å². The normalized spacial score (nSPS) is 9.88. The van der Waals surface area contributed by atoms with E-state index in [0.717, 1.165) is 0 Å². The van der Waals surface area contributed by atoms with Gasteiger partial charge in [-0.25, -0.2) is 0 Å². The molecular formula is C5H10NaO2. The smallest absolute Gasteiger partial charge is 0.308 e. The van der Waals surface area contributed by atoms with Crippen molar-refractivity contribution in [2.45, 2.75) is 20.8 Å². The molecule has 0 aromatic heterocycles. The number of aliphatic carboxylic acids is 1. The van der Waals surface area contributed by atoms with Crippen LogP contribution in [0.4, 0.5) is 0 Å². The van der Waals surface area contributed by atoms with E-state index in [1.807, 2.05) is 0 Å². The molecule has 0 spiro atoms. The van der Waals surface area contributed by atoms with Gasteiger partial charge in [0.2, 0.25) is 0 Å². The molecule has 0 saturated carbocycles. The Morgan fingerprint density at radius 3 is 1.50 bits per heavy atom. The number of hydrogen-bond acceptors (Lipinski definition) is 1. The van der Waals surface area contributed by atoms with Crippen LogP contribution in [0.1, 0.15) is 20.8 Å². The average Bonchev–Trinajstić information content (AvgIpc) is 1.31. The van der Waals surface area contributed by atoms with Crippen LogP contribution < -0.4 is 0 Å². The molecule has 0 aromatic carbocycles. The second-order valence-electron chi connectivity index (χ2n) is 2.56. The minimum Gasteiger partial charge on any atom is -0.481 e. The van der Waals surface area contributed by atoms with Crippen molar-refractivity contribution in [3.63, 3.8) is 0 Å². The van der Waals surface area contributed by atoms with Crippen LogP contribution >= 0.6 is 0 Å². The molecule has 0 rings (SSSR count). The topological polar surface area (TPSA) is 37.3 Å². The number of carboxylic acids is 1. The first kappa shape index (κ1) is 11.3. The van der Waals surface area contributed by atoms with Crippen molar-refractivity contribution in [2.24, 2.45) is 5.41 Å². The van der Waals surface area contributed by atoms with E-state index in [4.69, 9.17) is 5.11 Å². The Kier molecular flexibility index (Phi) is 4.92. The SMILES string of the molecule is CC(C)(C)C(=O)O.[Na]. The molecule has 0 aliphatic rings. The maximum Gasteiger partial charge on any atom is 0.308 e. The van der Waals surface area contributed by atoms with Gasteiger partial charge in [-0.05, 0) is 20.8 Å². The first-order valence-electron chi connectivity index (χ1n) is 2.18. The number of rotatable bonds is 0. The Morgan fingerprint density at radius 1 is 1.38 bits per heavy atom. The van der Waals surface area contributed by atoms with Crippen LogP contribution in [0.3, 0.4) is 0 Å². The monoisotopic (exact) mass is 125 g/mol. The molecule has 8 heavy (non-hydrogen) atoms. The van der Waals surface area contributed by atoms with Crippen molar-refractivity contribution in [1.29, 1.82) is 0 Å². The third kappa shape index (κ3) is 4.62. The molecule has 0 saturated heterocycles. The predicted molar refractivity (Wildman–Crippen MR) is 32.8 cm³/mol. The largest absolute Gasteiger partial charge is 0.481 e. The summed E-state index contributed by atoms with van der Waals surface area (Å²) in [5, 5.41) is 8.25. The number of hydrogen-bond donors (Lipinski definition) is 1. The molecular weight excluding hydrogens is 115 g/mol. The molecule has 0 aromatic rings. The maximum absolute atomic E-state index is 10.0. The Morgan fingerprint density at radius 2 is 1.50 bits per heavy atom. The van der Waals surface area contributed by atoms with E-state index in [9.17, 15) is 4.79 Å².